The van der Waals surface area contributed by atoms with E-state index in [4.69, 9.17) is 0 Å². The summed E-state index contributed by atoms with van der Waals surface area (Å²) >= 11 is 0. The van der Waals surface area contributed by atoms with Gasteiger partial charge in [0.1, 0.15) is 5.69 Å². The minimum atomic E-state index is -0.465. The number of benzene rings is 1. The van der Waals surface area contributed by atoms with Gasteiger partial charge in [0.15, 0.2) is 0 Å². The Morgan fingerprint density at radius 1 is 1.19 bits per heavy atom. The molecule has 5 nitrogen and oxygen atoms in total. The molecule has 1 aromatic rings. The summed E-state index contributed by atoms with van der Waals surface area (Å²) in [5.41, 5.74) is 1.03. The van der Waals surface area contributed by atoms with Gasteiger partial charge in [0, 0.05) is 12.5 Å². The van der Waals surface area contributed by atoms with Crippen molar-refractivity contribution in [3.63, 3.8) is 0 Å². The summed E-state index contributed by atoms with van der Waals surface area (Å²) in [5.74, 6) is -0.155. The molecular formula is C16H24N2O3. The van der Waals surface area contributed by atoms with Crippen LogP contribution in [0.1, 0.15) is 57.4 Å². The van der Waals surface area contributed by atoms with Crippen molar-refractivity contribution in [2.45, 2.75) is 58.8 Å². The lowest BCUT2D eigenvalue weighted by Crippen LogP contribution is -2.12. The smallest absolute Gasteiger partial charge is 0.293 e. The van der Waals surface area contributed by atoms with Crippen LogP contribution in [0.5, 0.6) is 0 Å². The molecule has 0 radical (unpaired) electrons. The summed E-state index contributed by atoms with van der Waals surface area (Å²) in [6.45, 7) is 3.96. The molecule has 5 heteroatoms. The predicted molar refractivity (Wildman–Crippen MR) is 84.5 cm³/mol. The summed E-state index contributed by atoms with van der Waals surface area (Å²) in [4.78, 5) is 22.3. The van der Waals surface area contributed by atoms with Gasteiger partial charge in [-0.25, -0.2) is 0 Å². The summed E-state index contributed by atoms with van der Waals surface area (Å²) in [6, 6.07) is 4.82. The summed E-state index contributed by atoms with van der Waals surface area (Å²) in [7, 11) is 0. The lowest BCUT2D eigenvalue weighted by Gasteiger charge is -2.06. The van der Waals surface area contributed by atoms with E-state index in [2.05, 4.69) is 12.2 Å². The van der Waals surface area contributed by atoms with E-state index in [1.54, 1.807) is 19.1 Å². The van der Waals surface area contributed by atoms with Gasteiger partial charge in [-0.2, -0.15) is 0 Å². The molecule has 0 heterocycles. The Morgan fingerprint density at radius 3 is 2.52 bits per heavy atom. The number of anilines is 1. The number of hydrogen-bond acceptors (Lipinski definition) is 3. The third-order valence-electron chi connectivity index (χ3n) is 3.38. The van der Waals surface area contributed by atoms with Gasteiger partial charge in [-0.15, -0.1) is 0 Å². The molecule has 0 aliphatic rings. The van der Waals surface area contributed by atoms with E-state index in [0.717, 1.165) is 24.8 Å². The summed E-state index contributed by atoms with van der Waals surface area (Å²) in [6.07, 6.45) is 7.07. The van der Waals surface area contributed by atoms with E-state index >= 15 is 0 Å². The zero-order valence-corrected chi connectivity index (χ0v) is 12.9. The maximum Gasteiger partial charge on any atom is 0.293 e. The number of rotatable bonds is 9. The van der Waals surface area contributed by atoms with Crippen LogP contribution in [-0.4, -0.2) is 10.8 Å². The lowest BCUT2D eigenvalue weighted by molar-refractivity contribution is -0.384. The second kappa shape index (κ2) is 9.10. The minimum Gasteiger partial charge on any atom is -0.320 e. The number of nitrogens with zero attached hydrogens (tertiary/aromatic N) is 1. The van der Waals surface area contributed by atoms with Crippen molar-refractivity contribution in [1.82, 2.24) is 0 Å². The van der Waals surface area contributed by atoms with Crippen molar-refractivity contribution in [2.75, 3.05) is 5.32 Å². The largest absolute Gasteiger partial charge is 0.320 e. The number of hydrogen-bond donors (Lipinski definition) is 1. The van der Waals surface area contributed by atoms with Crippen molar-refractivity contribution in [3.8, 4) is 0 Å². The van der Waals surface area contributed by atoms with E-state index in [1.807, 2.05) is 0 Å². The van der Waals surface area contributed by atoms with Gasteiger partial charge >= 0.3 is 0 Å². The van der Waals surface area contributed by atoms with Crippen LogP contribution in [0, 0.1) is 17.0 Å². The molecule has 0 bridgehead atoms. The Kier molecular flexibility index (Phi) is 7.43. The first-order valence-electron chi connectivity index (χ1n) is 7.59. The van der Waals surface area contributed by atoms with Crippen molar-refractivity contribution < 1.29 is 9.72 Å². The van der Waals surface area contributed by atoms with Gasteiger partial charge in [-0.3, -0.25) is 14.9 Å². The first-order valence-corrected chi connectivity index (χ1v) is 7.59. The van der Waals surface area contributed by atoms with Gasteiger partial charge in [-0.1, -0.05) is 45.1 Å². The Morgan fingerprint density at radius 2 is 1.86 bits per heavy atom. The Hall–Kier alpha value is -1.91. The van der Waals surface area contributed by atoms with E-state index in [9.17, 15) is 14.9 Å². The quantitative estimate of drug-likeness (QED) is 0.411. The molecule has 0 unspecified atom stereocenters. The standard InChI is InChI=1S/C16H24N2O3/c1-3-4-5-6-7-8-9-16(19)17-14-11-10-13(2)12-15(14)18(20)21/h10-12H,3-9H2,1-2H3,(H,17,19). The molecule has 0 aliphatic heterocycles. The molecule has 1 N–H and O–H groups in total. The Labute approximate surface area is 125 Å². The van der Waals surface area contributed by atoms with Gasteiger partial charge in [-0.05, 0) is 25.0 Å². The second-order valence-electron chi connectivity index (χ2n) is 5.34. The third-order valence-corrected chi connectivity index (χ3v) is 3.38. The SMILES string of the molecule is CCCCCCCCC(=O)Nc1ccc(C)cc1[N+](=O)[O-]. The molecule has 0 spiro atoms. The molecule has 0 saturated carbocycles. The number of nitro benzene ring substituents is 1. The molecule has 0 atom stereocenters. The van der Waals surface area contributed by atoms with E-state index in [1.165, 1.54) is 25.3 Å². The van der Waals surface area contributed by atoms with Crippen LogP contribution < -0.4 is 5.32 Å². The van der Waals surface area contributed by atoms with Crippen LogP contribution in [0.3, 0.4) is 0 Å². The fourth-order valence-electron chi connectivity index (χ4n) is 2.18. The highest BCUT2D eigenvalue weighted by molar-refractivity contribution is 5.93. The van der Waals surface area contributed by atoms with E-state index in [-0.39, 0.29) is 17.3 Å². The molecule has 21 heavy (non-hydrogen) atoms. The average molecular weight is 292 g/mol. The van der Waals surface area contributed by atoms with Crippen LogP contribution >= 0.6 is 0 Å². The number of nitrogens with one attached hydrogen (secondary N) is 1. The van der Waals surface area contributed by atoms with Crippen molar-refractivity contribution >= 4 is 17.3 Å². The monoisotopic (exact) mass is 292 g/mol. The minimum absolute atomic E-state index is 0.0497. The number of amides is 1. The highest BCUT2D eigenvalue weighted by Gasteiger charge is 2.15. The van der Waals surface area contributed by atoms with E-state index in [0.29, 0.717) is 6.42 Å². The fraction of sp³-hybridized carbons (Fsp3) is 0.562. The zero-order chi connectivity index (χ0) is 15.7. The molecule has 116 valence electrons. The topological polar surface area (TPSA) is 72.2 Å². The van der Waals surface area contributed by atoms with Gasteiger partial charge < -0.3 is 5.32 Å². The van der Waals surface area contributed by atoms with Gasteiger partial charge in [0.05, 0.1) is 4.92 Å². The van der Waals surface area contributed by atoms with Gasteiger partial charge in [0.2, 0.25) is 5.91 Å². The normalized spacial score (nSPS) is 10.4. The first-order chi connectivity index (χ1) is 10.0. The molecule has 1 aromatic carbocycles. The third kappa shape index (κ3) is 6.38. The molecule has 0 fully saturated rings. The lowest BCUT2D eigenvalue weighted by atomic mass is 10.1. The Bertz CT molecular complexity index is 486. The molecule has 1 rings (SSSR count). The van der Waals surface area contributed by atoms with Gasteiger partial charge in [0.25, 0.3) is 5.69 Å². The summed E-state index contributed by atoms with van der Waals surface area (Å²) in [5, 5.41) is 13.6. The molecule has 0 aliphatic carbocycles. The molecular weight excluding hydrogens is 268 g/mol. The highest BCUT2D eigenvalue weighted by Crippen LogP contribution is 2.25. The predicted octanol–water partition coefficient (Wildman–Crippen LogP) is 4.59. The van der Waals surface area contributed by atoms with Crippen LogP contribution in [0.2, 0.25) is 0 Å². The second-order valence-corrected chi connectivity index (χ2v) is 5.34. The molecule has 1 amide bonds. The molecule has 0 saturated heterocycles. The van der Waals surface area contributed by atoms with Crippen molar-refractivity contribution in [1.29, 1.82) is 0 Å². The maximum absolute atomic E-state index is 11.8. The van der Waals surface area contributed by atoms with Crippen LogP contribution in [0.25, 0.3) is 0 Å². The van der Waals surface area contributed by atoms with Crippen molar-refractivity contribution in [2.24, 2.45) is 0 Å². The fourth-order valence-corrected chi connectivity index (χ4v) is 2.18. The number of nitro groups is 1. The number of carbonyl (C=O) groups is 1. The number of aryl methyl sites for hydroxylation is 1. The Balaban J connectivity index is 2.43. The highest BCUT2D eigenvalue weighted by atomic mass is 16.6. The maximum atomic E-state index is 11.8. The van der Waals surface area contributed by atoms with Crippen LogP contribution in [0.15, 0.2) is 18.2 Å². The van der Waals surface area contributed by atoms with Crippen molar-refractivity contribution in [3.05, 3.63) is 33.9 Å². The van der Waals surface area contributed by atoms with Crippen LogP contribution in [0.4, 0.5) is 11.4 Å². The first kappa shape index (κ1) is 17.1. The zero-order valence-electron chi connectivity index (χ0n) is 12.9. The number of unbranched alkanes of at least 4 members (excludes halogenated alkanes) is 5. The van der Waals surface area contributed by atoms with E-state index < -0.39 is 4.92 Å². The average Bonchev–Trinajstić information content (AvgIpc) is 2.44. The summed E-state index contributed by atoms with van der Waals surface area (Å²) < 4.78 is 0. The van der Waals surface area contributed by atoms with Crippen LogP contribution in [-0.2, 0) is 4.79 Å². The molecule has 0 aromatic heterocycles. The number of carbonyl (C=O) groups excluding carboxylic acids is 1.